The zero-order valence-corrected chi connectivity index (χ0v) is 19.0. The third-order valence-electron chi connectivity index (χ3n) is 4.58. The monoisotopic (exact) mass is 441 g/mol. The number of aromatic nitrogens is 3. The van der Waals surface area contributed by atoms with Crippen LogP contribution < -0.4 is 0 Å². The molecule has 0 unspecified atom stereocenters. The van der Waals surface area contributed by atoms with Crippen molar-refractivity contribution in [2.45, 2.75) is 71.4 Å². The Hall–Kier alpha value is -1.08. The van der Waals surface area contributed by atoms with E-state index in [4.69, 9.17) is 4.74 Å². The number of thioether (sulfide) groups is 1. The Kier molecular flexibility index (Phi) is 6.77. The highest BCUT2D eigenvalue weighted by atomic mass is 79.9. The lowest BCUT2D eigenvalue weighted by atomic mass is 9.95. The number of esters is 1. The molecule has 0 amide bonds. The zero-order valence-electron chi connectivity index (χ0n) is 16.6. The van der Waals surface area contributed by atoms with Crippen LogP contribution in [0.2, 0.25) is 0 Å². The Labute approximate surface area is 168 Å². The summed E-state index contributed by atoms with van der Waals surface area (Å²) in [7, 11) is 0. The summed E-state index contributed by atoms with van der Waals surface area (Å²) < 4.78 is 8.41. The predicted molar refractivity (Wildman–Crippen MR) is 111 cm³/mol. The van der Waals surface area contributed by atoms with Gasteiger partial charge < -0.3 is 4.74 Å². The van der Waals surface area contributed by atoms with Gasteiger partial charge in [-0.1, -0.05) is 13.8 Å². The number of hydrogen-bond donors (Lipinski definition) is 0. The van der Waals surface area contributed by atoms with Crippen molar-refractivity contribution in [1.29, 1.82) is 0 Å². The molecule has 26 heavy (non-hydrogen) atoms. The number of pyridine rings is 1. The minimum Gasteiger partial charge on any atom is -0.459 e. The Morgan fingerprint density at radius 1 is 1.35 bits per heavy atom. The number of rotatable bonds is 7. The quantitative estimate of drug-likeness (QED) is 0.320. The van der Waals surface area contributed by atoms with E-state index in [0.29, 0.717) is 12.2 Å². The second-order valence-corrected chi connectivity index (χ2v) is 9.54. The standard InChI is InChI=1S/C19H28BrN3O2S/c1-11(2)19(6,7)25-16(24)8-9-26-14-10-15(20)21-17-13(5)22-23(12(3)4)18(14)17/h10-12H,8-9H2,1-7H3. The molecule has 0 saturated carbocycles. The zero-order chi connectivity index (χ0) is 19.6. The van der Waals surface area contributed by atoms with Crippen molar-refractivity contribution in [2.75, 3.05) is 5.75 Å². The lowest BCUT2D eigenvalue weighted by Gasteiger charge is -2.29. The average Bonchev–Trinajstić information content (AvgIpc) is 2.84. The van der Waals surface area contributed by atoms with E-state index in [0.717, 1.165) is 26.2 Å². The maximum Gasteiger partial charge on any atom is 0.307 e. The van der Waals surface area contributed by atoms with Crippen LogP contribution in [0.15, 0.2) is 15.6 Å². The van der Waals surface area contributed by atoms with Gasteiger partial charge in [0.25, 0.3) is 0 Å². The van der Waals surface area contributed by atoms with Gasteiger partial charge in [-0.2, -0.15) is 5.10 Å². The van der Waals surface area contributed by atoms with Gasteiger partial charge in [0.05, 0.1) is 12.1 Å². The van der Waals surface area contributed by atoms with Gasteiger partial charge in [-0.05, 0) is 62.5 Å². The molecule has 0 aliphatic heterocycles. The highest BCUT2D eigenvalue weighted by Gasteiger charge is 2.26. The molecule has 5 nitrogen and oxygen atoms in total. The van der Waals surface area contributed by atoms with Gasteiger partial charge in [0.1, 0.15) is 21.2 Å². The number of carbonyl (C=O) groups excluding carboxylic acids is 1. The van der Waals surface area contributed by atoms with Crippen molar-refractivity contribution in [3.05, 3.63) is 16.4 Å². The summed E-state index contributed by atoms with van der Waals surface area (Å²) in [5.74, 6) is 0.772. The Balaban J connectivity index is 2.15. The smallest absolute Gasteiger partial charge is 0.307 e. The van der Waals surface area contributed by atoms with Crippen molar-refractivity contribution < 1.29 is 9.53 Å². The van der Waals surface area contributed by atoms with Crippen molar-refractivity contribution in [1.82, 2.24) is 14.8 Å². The molecule has 0 aromatic carbocycles. The molecule has 2 aromatic rings. The fraction of sp³-hybridized carbons (Fsp3) is 0.632. The SMILES string of the molecule is Cc1nn(C(C)C)c2c(SCCC(=O)OC(C)(C)C(C)C)cc(Br)nc12. The van der Waals surface area contributed by atoms with E-state index >= 15 is 0 Å². The molecule has 2 heterocycles. The van der Waals surface area contributed by atoms with Crippen molar-refractivity contribution in [3.63, 3.8) is 0 Å². The minimum absolute atomic E-state index is 0.158. The van der Waals surface area contributed by atoms with E-state index in [9.17, 15) is 4.79 Å². The third kappa shape index (κ3) is 4.80. The highest BCUT2D eigenvalue weighted by Crippen LogP contribution is 2.33. The lowest BCUT2D eigenvalue weighted by Crippen LogP contribution is -2.33. The second kappa shape index (κ2) is 8.30. The molecule has 2 rings (SSSR count). The van der Waals surface area contributed by atoms with E-state index in [2.05, 4.69) is 53.7 Å². The van der Waals surface area contributed by atoms with Gasteiger partial charge in [-0.3, -0.25) is 9.48 Å². The van der Waals surface area contributed by atoms with Crippen LogP contribution in [0.4, 0.5) is 0 Å². The third-order valence-corrected chi connectivity index (χ3v) is 6.01. The van der Waals surface area contributed by atoms with Crippen LogP contribution in [0, 0.1) is 12.8 Å². The van der Waals surface area contributed by atoms with Gasteiger partial charge in [-0.25, -0.2) is 4.98 Å². The van der Waals surface area contributed by atoms with Crippen LogP contribution in [-0.4, -0.2) is 32.1 Å². The number of halogens is 1. The largest absolute Gasteiger partial charge is 0.459 e. The number of ether oxygens (including phenoxy) is 1. The maximum atomic E-state index is 12.2. The van der Waals surface area contributed by atoms with Gasteiger partial charge in [0.15, 0.2) is 0 Å². The first-order chi connectivity index (χ1) is 12.0. The van der Waals surface area contributed by atoms with Gasteiger partial charge in [0.2, 0.25) is 0 Å². The Morgan fingerprint density at radius 2 is 2.00 bits per heavy atom. The van der Waals surface area contributed by atoms with Crippen molar-refractivity contribution in [3.8, 4) is 0 Å². The molecule has 144 valence electrons. The molecule has 0 atom stereocenters. The van der Waals surface area contributed by atoms with Gasteiger partial charge in [-0.15, -0.1) is 11.8 Å². The van der Waals surface area contributed by atoms with Gasteiger partial charge in [0, 0.05) is 16.7 Å². The van der Waals surface area contributed by atoms with E-state index in [-0.39, 0.29) is 17.9 Å². The molecular weight excluding hydrogens is 414 g/mol. The summed E-state index contributed by atoms with van der Waals surface area (Å²) in [6.07, 6.45) is 0.372. The van der Waals surface area contributed by atoms with Crippen LogP contribution in [0.1, 0.15) is 59.7 Å². The fourth-order valence-electron chi connectivity index (χ4n) is 2.41. The number of nitrogens with zero attached hydrogens (tertiary/aromatic N) is 3. The molecule has 0 saturated heterocycles. The van der Waals surface area contributed by atoms with Crippen LogP contribution >= 0.6 is 27.7 Å². The predicted octanol–water partition coefficient (Wildman–Crippen LogP) is 5.54. The van der Waals surface area contributed by atoms with E-state index in [1.807, 2.05) is 31.5 Å². The van der Waals surface area contributed by atoms with Crippen LogP contribution in [0.5, 0.6) is 0 Å². The number of hydrogen-bond acceptors (Lipinski definition) is 5. The molecule has 0 bridgehead atoms. The van der Waals surface area contributed by atoms with Gasteiger partial charge >= 0.3 is 5.97 Å². The van der Waals surface area contributed by atoms with Crippen LogP contribution in [-0.2, 0) is 9.53 Å². The summed E-state index contributed by atoms with van der Waals surface area (Å²) in [5, 5.41) is 4.63. The highest BCUT2D eigenvalue weighted by molar-refractivity contribution is 9.10. The molecule has 0 spiro atoms. The summed E-state index contributed by atoms with van der Waals surface area (Å²) in [5.41, 5.74) is 2.40. The summed E-state index contributed by atoms with van der Waals surface area (Å²) >= 11 is 5.13. The van der Waals surface area contributed by atoms with Crippen LogP contribution in [0.25, 0.3) is 11.0 Å². The van der Waals surface area contributed by atoms with Crippen molar-refractivity contribution >= 4 is 44.7 Å². The molecule has 0 aliphatic rings. The molecule has 0 fully saturated rings. The first kappa shape index (κ1) is 21.2. The first-order valence-corrected chi connectivity index (χ1v) is 10.7. The van der Waals surface area contributed by atoms with Crippen molar-refractivity contribution in [2.24, 2.45) is 5.92 Å². The minimum atomic E-state index is -0.442. The maximum absolute atomic E-state index is 12.2. The second-order valence-electron chi connectivity index (χ2n) is 7.59. The molecule has 2 aromatic heterocycles. The molecule has 7 heteroatoms. The number of fused-ring (bicyclic) bond motifs is 1. The normalized spacial score (nSPS) is 12.4. The first-order valence-electron chi connectivity index (χ1n) is 8.93. The average molecular weight is 442 g/mol. The summed E-state index contributed by atoms with van der Waals surface area (Å²) in [4.78, 5) is 17.8. The number of aryl methyl sites for hydroxylation is 1. The lowest BCUT2D eigenvalue weighted by molar-refractivity contribution is -0.159. The molecule has 0 aliphatic carbocycles. The fourth-order valence-corrected chi connectivity index (χ4v) is 3.98. The summed E-state index contributed by atoms with van der Waals surface area (Å²) in [6.45, 7) is 14.2. The Bertz CT molecular complexity index is 800. The van der Waals surface area contributed by atoms with E-state index < -0.39 is 5.60 Å². The summed E-state index contributed by atoms with van der Waals surface area (Å²) in [6, 6.07) is 2.24. The molecular formula is C19H28BrN3O2S. The number of carbonyl (C=O) groups is 1. The molecule has 0 N–H and O–H groups in total. The van der Waals surface area contributed by atoms with E-state index in [1.165, 1.54) is 0 Å². The van der Waals surface area contributed by atoms with Crippen LogP contribution in [0.3, 0.4) is 0 Å². The topological polar surface area (TPSA) is 57.0 Å². The Morgan fingerprint density at radius 3 is 2.58 bits per heavy atom. The molecule has 0 radical (unpaired) electrons. The van der Waals surface area contributed by atoms with E-state index in [1.54, 1.807) is 11.8 Å².